The van der Waals surface area contributed by atoms with Crippen molar-refractivity contribution < 1.29 is 13.2 Å². The van der Waals surface area contributed by atoms with E-state index in [2.05, 4.69) is 21.5 Å². The Kier molecular flexibility index (Phi) is 6.16. The van der Waals surface area contributed by atoms with Crippen LogP contribution in [0, 0.1) is 0 Å². The number of sulfonamides is 1. The van der Waals surface area contributed by atoms with Crippen molar-refractivity contribution in [1.82, 2.24) is 15.1 Å². The molecule has 1 aromatic rings. The Morgan fingerprint density at radius 3 is 2.89 bits per heavy atom. The van der Waals surface area contributed by atoms with Crippen molar-refractivity contribution in [1.29, 1.82) is 0 Å². The van der Waals surface area contributed by atoms with Gasteiger partial charge in [-0.1, -0.05) is 18.6 Å². The molecule has 1 atom stereocenters. The lowest BCUT2D eigenvalue weighted by atomic mass is 10.0. The smallest absolute Gasteiger partial charge is 0.285 e. The minimum Gasteiger partial charge on any atom is -0.355 e. The van der Waals surface area contributed by atoms with Gasteiger partial charge in [0.05, 0.1) is 6.54 Å². The molecule has 0 spiro atoms. The zero-order valence-corrected chi connectivity index (χ0v) is 16.8. The van der Waals surface area contributed by atoms with Gasteiger partial charge in [-0.3, -0.25) is 4.79 Å². The van der Waals surface area contributed by atoms with E-state index in [0.29, 0.717) is 24.0 Å². The Morgan fingerprint density at radius 1 is 1.33 bits per heavy atom. The SMILES string of the molecule is C[C@H]1CCCCN1CCCNC(=O)CN(C)C1=NS(=O)(=O)c2ccccc21. The Labute approximate surface area is 161 Å². The van der Waals surface area contributed by atoms with Gasteiger partial charge in [0.25, 0.3) is 10.0 Å². The highest BCUT2D eigenvalue weighted by molar-refractivity contribution is 7.90. The average molecular weight is 393 g/mol. The van der Waals surface area contributed by atoms with Gasteiger partial charge < -0.3 is 15.1 Å². The number of benzene rings is 1. The largest absolute Gasteiger partial charge is 0.355 e. The maximum Gasteiger partial charge on any atom is 0.285 e. The first-order valence-corrected chi connectivity index (χ1v) is 11.0. The molecule has 8 heteroatoms. The van der Waals surface area contributed by atoms with Crippen LogP contribution in [-0.4, -0.2) is 69.2 Å². The average Bonchev–Trinajstić information content (AvgIpc) is 2.92. The van der Waals surface area contributed by atoms with E-state index in [1.54, 1.807) is 30.1 Å². The molecule has 0 aliphatic carbocycles. The summed E-state index contributed by atoms with van der Waals surface area (Å²) in [6.07, 6.45) is 4.74. The first-order valence-electron chi connectivity index (χ1n) is 9.55. The van der Waals surface area contributed by atoms with E-state index in [1.165, 1.54) is 25.3 Å². The second-order valence-electron chi connectivity index (χ2n) is 7.33. The lowest BCUT2D eigenvalue weighted by Crippen LogP contribution is -2.41. The number of carbonyl (C=O) groups excluding carboxylic acids is 1. The van der Waals surface area contributed by atoms with Crippen molar-refractivity contribution in [2.75, 3.05) is 33.2 Å². The minimum absolute atomic E-state index is 0.0722. The quantitative estimate of drug-likeness (QED) is 0.741. The maximum absolute atomic E-state index is 12.2. The Balaban J connectivity index is 1.47. The van der Waals surface area contributed by atoms with Crippen molar-refractivity contribution in [2.45, 2.75) is 43.5 Å². The van der Waals surface area contributed by atoms with E-state index < -0.39 is 10.0 Å². The van der Waals surface area contributed by atoms with Gasteiger partial charge in [-0.15, -0.1) is 4.40 Å². The van der Waals surface area contributed by atoms with Crippen molar-refractivity contribution in [3.63, 3.8) is 0 Å². The molecule has 1 N–H and O–H groups in total. The molecule has 27 heavy (non-hydrogen) atoms. The van der Waals surface area contributed by atoms with Crippen LogP contribution in [0.5, 0.6) is 0 Å². The number of hydrogen-bond donors (Lipinski definition) is 1. The molecule has 1 aromatic carbocycles. The lowest BCUT2D eigenvalue weighted by Gasteiger charge is -2.33. The molecule has 7 nitrogen and oxygen atoms in total. The third-order valence-corrected chi connectivity index (χ3v) is 6.56. The van der Waals surface area contributed by atoms with Gasteiger partial charge in [-0.25, -0.2) is 0 Å². The minimum atomic E-state index is -3.67. The number of nitrogens with zero attached hydrogens (tertiary/aromatic N) is 3. The molecule has 3 rings (SSSR count). The van der Waals surface area contributed by atoms with E-state index >= 15 is 0 Å². The molecule has 1 saturated heterocycles. The normalized spacial score (nSPS) is 21.4. The number of fused-ring (bicyclic) bond motifs is 1. The van der Waals surface area contributed by atoms with Crippen molar-refractivity contribution >= 4 is 21.8 Å². The molecular weight excluding hydrogens is 364 g/mol. The molecule has 2 heterocycles. The fourth-order valence-corrected chi connectivity index (χ4v) is 4.96. The highest BCUT2D eigenvalue weighted by Gasteiger charge is 2.30. The zero-order valence-electron chi connectivity index (χ0n) is 16.0. The highest BCUT2D eigenvalue weighted by Crippen LogP contribution is 2.26. The molecule has 0 radical (unpaired) electrons. The van der Waals surface area contributed by atoms with Crippen LogP contribution >= 0.6 is 0 Å². The van der Waals surface area contributed by atoms with Crippen LogP contribution < -0.4 is 5.32 Å². The predicted octanol–water partition coefficient (Wildman–Crippen LogP) is 1.45. The number of nitrogens with one attached hydrogen (secondary N) is 1. The van der Waals surface area contributed by atoms with E-state index in [4.69, 9.17) is 0 Å². The summed E-state index contributed by atoms with van der Waals surface area (Å²) in [4.78, 5) is 16.5. The summed E-state index contributed by atoms with van der Waals surface area (Å²) in [6.45, 7) is 5.10. The molecule has 1 amide bonds. The zero-order chi connectivity index (χ0) is 19.4. The van der Waals surface area contributed by atoms with Crippen LogP contribution in [0.3, 0.4) is 0 Å². The van der Waals surface area contributed by atoms with Crippen LogP contribution in [0.25, 0.3) is 0 Å². The van der Waals surface area contributed by atoms with E-state index in [0.717, 1.165) is 19.5 Å². The van der Waals surface area contributed by atoms with Crippen molar-refractivity contribution in [3.05, 3.63) is 29.8 Å². The Morgan fingerprint density at radius 2 is 2.11 bits per heavy atom. The Hall–Kier alpha value is -1.93. The van der Waals surface area contributed by atoms with E-state index in [1.807, 2.05) is 0 Å². The molecule has 2 aliphatic rings. The van der Waals surface area contributed by atoms with Crippen LogP contribution in [0.4, 0.5) is 0 Å². The summed E-state index contributed by atoms with van der Waals surface area (Å²) >= 11 is 0. The van der Waals surface area contributed by atoms with Crippen LogP contribution in [0.15, 0.2) is 33.6 Å². The monoisotopic (exact) mass is 392 g/mol. The third-order valence-electron chi connectivity index (χ3n) is 5.24. The molecule has 0 bridgehead atoms. The molecular formula is C19H28N4O3S. The number of rotatable bonds is 6. The molecule has 1 fully saturated rings. The second-order valence-corrected chi connectivity index (χ2v) is 8.90. The highest BCUT2D eigenvalue weighted by atomic mass is 32.2. The van der Waals surface area contributed by atoms with Crippen molar-refractivity contribution in [3.8, 4) is 0 Å². The van der Waals surface area contributed by atoms with Gasteiger partial charge in [0.15, 0.2) is 5.84 Å². The fourth-order valence-electron chi connectivity index (χ4n) is 3.71. The maximum atomic E-state index is 12.2. The van der Waals surface area contributed by atoms with Crippen LogP contribution in [0.2, 0.25) is 0 Å². The van der Waals surface area contributed by atoms with E-state index in [-0.39, 0.29) is 17.3 Å². The number of likely N-dealkylation sites (tertiary alicyclic amines) is 1. The summed E-state index contributed by atoms with van der Waals surface area (Å²) in [6, 6.07) is 7.32. The molecule has 148 valence electrons. The fraction of sp³-hybridized carbons (Fsp3) is 0.579. The summed E-state index contributed by atoms with van der Waals surface area (Å²) < 4.78 is 28.1. The summed E-state index contributed by atoms with van der Waals surface area (Å²) in [5.74, 6) is 0.191. The number of carbonyl (C=O) groups is 1. The first-order chi connectivity index (χ1) is 12.9. The van der Waals surface area contributed by atoms with Gasteiger partial charge in [-0.2, -0.15) is 8.42 Å². The third kappa shape index (κ3) is 4.68. The van der Waals surface area contributed by atoms with Gasteiger partial charge in [0, 0.05) is 31.7 Å². The van der Waals surface area contributed by atoms with Gasteiger partial charge in [0.1, 0.15) is 4.90 Å². The number of piperidine rings is 1. The summed E-state index contributed by atoms with van der Waals surface area (Å²) in [5, 5.41) is 2.92. The topological polar surface area (TPSA) is 82.1 Å². The van der Waals surface area contributed by atoms with E-state index in [9.17, 15) is 13.2 Å². The van der Waals surface area contributed by atoms with Gasteiger partial charge in [0.2, 0.25) is 5.91 Å². The number of amides is 1. The van der Waals surface area contributed by atoms with Crippen molar-refractivity contribution in [2.24, 2.45) is 4.40 Å². The molecule has 2 aliphatic heterocycles. The van der Waals surface area contributed by atoms with Gasteiger partial charge in [-0.05, 0) is 44.9 Å². The summed E-state index contributed by atoms with van der Waals surface area (Å²) in [7, 11) is -1.98. The Bertz CT molecular complexity index is 822. The first kappa shape index (κ1) is 19.8. The molecule has 0 aromatic heterocycles. The van der Waals surface area contributed by atoms with Crippen LogP contribution in [0.1, 0.15) is 38.2 Å². The summed E-state index contributed by atoms with van der Waals surface area (Å²) in [5.41, 5.74) is 0.548. The molecule has 0 saturated carbocycles. The standard InChI is InChI=1S/C19H28N4O3S/c1-15-8-5-6-12-23(15)13-7-11-20-18(24)14-22(2)19-16-9-3-4-10-17(16)27(25,26)21-19/h3-4,9-10,15H,5-8,11-14H2,1-2H3,(H,20,24)/t15-/m0/s1. The lowest BCUT2D eigenvalue weighted by molar-refractivity contribution is -0.121. The van der Waals surface area contributed by atoms with Gasteiger partial charge >= 0.3 is 0 Å². The number of hydrogen-bond acceptors (Lipinski definition) is 5. The number of amidine groups is 1. The predicted molar refractivity (Wildman–Crippen MR) is 105 cm³/mol. The number of likely N-dealkylation sites (N-methyl/N-ethyl adjacent to an activating group) is 1. The van der Waals surface area contributed by atoms with Crippen LogP contribution in [-0.2, 0) is 14.8 Å². The second kappa shape index (κ2) is 8.39. The molecule has 0 unspecified atom stereocenters.